The van der Waals surface area contributed by atoms with E-state index in [4.69, 9.17) is 5.11 Å². The Labute approximate surface area is 113 Å². The van der Waals surface area contributed by atoms with Crippen LogP contribution in [-0.4, -0.2) is 22.0 Å². The molecule has 0 radical (unpaired) electrons. The van der Waals surface area contributed by atoms with E-state index in [0.29, 0.717) is 11.4 Å². The largest absolute Gasteiger partial charge is 0.478 e. The van der Waals surface area contributed by atoms with Gasteiger partial charge in [0.05, 0.1) is 5.51 Å². The molecule has 0 saturated heterocycles. The molecule has 0 unspecified atom stereocenters. The standard InChI is InChI=1S/C13H10N2O3S/c16-12(17)6-3-9-1-4-10(5-2-9)15-13(18)11-7-19-8-14-11/h1-8H,(H,15,18)(H,16,17)/b6-3+. The van der Waals surface area contributed by atoms with Crippen LogP contribution >= 0.6 is 11.3 Å². The van der Waals surface area contributed by atoms with Crippen LogP contribution in [-0.2, 0) is 4.79 Å². The third kappa shape index (κ3) is 3.75. The quantitative estimate of drug-likeness (QED) is 0.839. The third-order valence-corrected chi connectivity index (χ3v) is 2.84. The average molecular weight is 274 g/mol. The molecule has 19 heavy (non-hydrogen) atoms. The Hall–Kier alpha value is -2.47. The first-order valence-corrected chi connectivity index (χ1v) is 6.30. The number of rotatable bonds is 4. The minimum Gasteiger partial charge on any atom is -0.478 e. The second-order valence-electron chi connectivity index (χ2n) is 3.62. The van der Waals surface area contributed by atoms with Crippen LogP contribution < -0.4 is 5.32 Å². The van der Waals surface area contributed by atoms with Gasteiger partial charge in [-0.3, -0.25) is 4.79 Å². The molecule has 1 aromatic heterocycles. The van der Waals surface area contributed by atoms with E-state index in [9.17, 15) is 9.59 Å². The van der Waals surface area contributed by atoms with Crippen LogP contribution in [0.5, 0.6) is 0 Å². The number of aromatic nitrogens is 1. The summed E-state index contributed by atoms with van der Waals surface area (Å²) in [6.07, 6.45) is 2.54. The van der Waals surface area contributed by atoms with Crippen LogP contribution in [0, 0.1) is 0 Å². The molecule has 0 aliphatic carbocycles. The van der Waals surface area contributed by atoms with Crippen molar-refractivity contribution in [3.63, 3.8) is 0 Å². The Balaban J connectivity index is 2.03. The van der Waals surface area contributed by atoms with Crippen LogP contribution in [0.25, 0.3) is 6.08 Å². The molecule has 6 heteroatoms. The molecular formula is C13H10N2O3S. The highest BCUT2D eigenvalue weighted by molar-refractivity contribution is 7.07. The first-order chi connectivity index (χ1) is 9.15. The number of anilines is 1. The number of hydrogen-bond acceptors (Lipinski definition) is 4. The molecule has 0 saturated carbocycles. The molecule has 96 valence electrons. The summed E-state index contributed by atoms with van der Waals surface area (Å²) < 4.78 is 0. The molecule has 0 aliphatic heterocycles. The van der Waals surface area contributed by atoms with Crippen LogP contribution in [0.4, 0.5) is 5.69 Å². The predicted molar refractivity (Wildman–Crippen MR) is 73.2 cm³/mol. The van der Waals surface area contributed by atoms with Gasteiger partial charge in [-0.15, -0.1) is 11.3 Å². The van der Waals surface area contributed by atoms with E-state index in [-0.39, 0.29) is 5.91 Å². The van der Waals surface area contributed by atoms with Crippen molar-refractivity contribution in [2.24, 2.45) is 0 Å². The maximum atomic E-state index is 11.7. The van der Waals surface area contributed by atoms with E-state index in [1.165, 1.54) is 17.4 Å². The predicted octanol–water partition coefficient (Wildman–Crippen LogP) is 2.49. The zero-order valence-electron chi connectivity index (χ0n) is 9.74. The van der Waals surface area contributed by atoms with Gasteiger partial charge < -0.3 is 10.4 Å². The molecule has 2 aromatic rings. The van der Waals surface area contributed by atoms with Gasteiger partial charge >= 0.3 is 5.97 Å². The number of nitrogens with one attached hydrogen (secondary N) is 1. The molecule has 0 atom stereocenters. The minimum absolute atomic E-state index is 0.268. The molecular weight excluding hydrogens is 264 g/mol. The summed E-state index contributed by atoms with van der Waals surface area (Å²) in [4.78, 5) is 26.0. The number of carboxylic acids is 1. The Morgan fingerprint density at radius 3 is 2.58 bits per heavy atom. The van der Waals surface area contributed by atoms with Crippen LogP contribution in [0.15, 0.2) is 41.2 Å². The molecule has 1 aromatic carbocycles. The highest BCUT2D eigenvalue weighted by Crippen LogP contribution is 2.12. The number of amides is 1. The SMILES string of the molecule is O=C(O)/C=C/c1ccc(NC(=O)c2cscn2)cc1. The van der Waals surface area contributed by atoms with Gasteiger partial charge in [0.2, 0.25) is 0 Å². The summed E-state index contributed by atoms with van der Waals surface area (Å²) in [5, 5.41) is 12.9. The average Bonchev–Trinajstić information content (AvgIpc) is 2.92. The van der Waals surface area contributed by atoms with Crippen molar-refractivity contribution in [2.45, 2.75) is 0 Å². The van der Waals surface area contributed by atoms with Gasteiger partial charge in [-0.2, -0.15) is 0 Å². The molecule has 0 aliphatic rings. The second kappa shape index (κ2) is 5.92. The van der Waals surface area contributed by atoms with E-state index in [2.05, 4.69) is 10.3 Å². The zero-order chi connectivity index (χ0) is 13.7. The van der Waals surface area contributed by atoms with E-state index >= 15 is 0 Å². The first kappa shape index (κ1) is 13.0. The van der Waals surface area contributed by atoms with Crippen molar-refractivity contribution < 1.29 is 14.7 Å². The molecule has 0 bridgehead atoms. The van der Waals surface area contributed by atoms with Gasteiger partial charge in [0.25, 0.3) is 5.91 Å². The fourth-order valence-corrected chi connectivity index (χ4v) is 1.90. The third-order valence-electron chi connectivity index (χ3n) is 2.25. The van der Waals surface area contributed by atoms with Crippen LogP contribution in [0.1, 0.15) is 16.1 Å². The fraction of sp³-hybridized carbons (Fsp3) is 0. The topological polar surface area (TPSA) is 79.3 Å². The Kier molecular flexibility index (Phi) is 4.04. The van der Waals surface area contributed by atoms with Gasteiger partial charge in [-0.25, -0.2) is 9.78 Å². The van der Waals surface area contributed by atoms with Crippen molar-refractivity contribution >= 4 is 35.0 Å². The highest BCUT2D eigenvalue weighted by atomic mass is 32.1. The summed E-state index contributed by atoms with van der Waals surface area (Å²) in [7, 11) is 0. The van der Waals surface area contributed by atoms with Gasteiger partial charge in [-0.05, 0) is 23.8 Å². The summed E-state index contributed by atoms with van der Waals surface area (Å²) in [5.41, 5.74) is 3.34. The lowest BCUT2D eigenvalue weighted by molar-refractivity contribution is -0.131. The lowest BCUT2D eigenvalue weighted by Gasteiger charge is -2.03. The fourth-order valence-electron chi connectivity index (χ4n) is 1.36. The molecule has 0 spiro atoms. The monoisotopic (exact) mass is 274 g/mol. The van der Waals surface area contributed by atoms with Crippen LogP contribution in [0.2, 0.25) is 0 Å². The van der Waals surface area contributed by atoms with Gasteiger partial charge in [0.15, 0.2) is 0 Å². The Morgan fingerprint density at radius 2 is 2.00 bits per heavy atom. The lowest BCUT2D eigenvalue weighted by atomic mass is 10.2. The number of aliphatic carboxylic acids is 1. The maximum absolute atomic E-state index is 11.7. The van der Waals surface area contributed by atoms with Crippen LogP contribution in [0.3, 0.4) is 0 Å². The van der Waals surface area contributed by atoms with E-state index in [1.54, 1.807) is 35.2 Å². The molecule has 1 heterocycles. The number of nitrogens with zero attached hydrogens (tertiary/aromatic N) is 1. The minimum atomic E-state index is -0.999. The van der Waals surface area contributed by atoms with Crippen molar-refractivity contribution in [1.82, 2.24) is 4.98 Å². The zero-order valence-corrected chi connectivity index (χ0v) is 10.6. The van der Waals surface area contributed by atoms with Crippen molar-refractivity contribution in [3.8, 4) is 0 Å². The number of carbonyl (C=O) groups is 2. The Morgan fingerprint density at radius 1 is 1.26 bits per heavy atom. The second-order valence-corrected chi connectivity index (χ2v) is 4.34. The summed E-state index contributed by atoms with van der Waals surface area (Å²) in [5.74, 6) is -1.27. The number of benzene rings is 1. The summed E-state index contributed by atoms with van der Waals surface area (Å²) in [6.45, 7) is 0. The van der Waals surface area contributed by atoms with Gasteiger partial charge in [0, 0.05) is 17.1 Å². The van der Waals surface area contributed by atoms with E-state index in [0.717, 1.165) is 11.6 Å². The van der Waals surface area contributed by atoms with Crippen molar-refractivity contribution in [1.29, 1.82) is 0 Å². The number of carboxylic acid groups (broad SMARTS) is 1. The Bertz CT molecular complexity index is 603. The summed E-state index contributed by atoms with van der Waals surface area (Å²) in [6, 6.07) is 6.84. The molecule has 2 rings (SSSR count). The molecule has 0 fully saturated rings. The van der Waals surface area contributed by atoms with E-state index < -0.39 is 5.97 Å². The normalized spacial score (nSPS) is 10.5. The molecule has 1 amide bonds. The number of carbonyl (C=O) groups excluding carboxylic acids is 1. The molecule has 5 nitrogen and oxygen atoms in total. The maximum Gasteiger partial charge on any atom is 0.328 e. The number of thiazole rings is 1. The first-order valence-electron chi connectivity index (χ1n) is 5.36. The smallest absolute Gasteiger partial charge is 0.328 e. The number of hydrogen-bond donors (Lipinski definition) is 2. The molecule has 2 N–H and O–H groups in total. The van der Waals surface area contributed by atoms with Crippen molar-refractivity contribution in [2.75, 3.05) is 5.32 Å². The highest BCUT2D eigenvalue weighted by Gasteiger charge is 2.07. The van der Waals surface area contributed by atoms with E-state index in [1.807, 2.05) is 0 Å². The van der Waals surface area contributed by atoms with Gasteiger partial charge in [0.1, 0.15) is 5.69 Å². The lowest BCUT2D eigenvalue weighted by Crippen LogP contribution is -2.11. The van der Waals surface area contributed by atoms with Crippen molar-refractivity contribution in [3.05, 3.63) is 52.5 Å². The summed E-state index contributed by atoms with van der Waals surface area (Å²) >= 11 is 1.35. The van der Waals surface area contributed by atoms with Gasteiger partial charge in [-0.1, -0.05) is 12.1 Å².